The quantitative estimate of drug-likeness (QED) is 0.357. The van der Waals surface area contributed by atoms with E-state index >= 15 is 0 Å². The Kier molecular flexibility index (Phi) is 4.26. The minimum atomic E-state index is -2.43. The Morgan fingerprint density at radius 3 is 2.88 bits per heavy atom. The summed E-state index contributed by atoms with van der Waals surface area (Å²) in [5, 5.41) is 30.8. The predicted octanol–water partition coefficient (Wildman–Crippen LogP) is -2.56. The van der Waals surface area contributed by atoms with Gasteiger partial charge in [-0.15, -0.1) is 0 Å². The number of methoxy groups -OCH3 is 1. The molecule has 12 heteroatoms. The Morgan fingerprint density at radius 1 is 1.56 bits per heavy atom. The second-order valence-corrected chi connectivity index (χ2v) is 5.44. The molecule has 2 aromatic heterocycles. The molecular weight excluding hydrogens is 338 g/mol. The molecule has 1 aliphatic rings. The first-order valence-corrected chi connectivity index (χ1v) is 7.46. The van der Waals surface area contributed by atoms with E-state index in [-0.39, 0.29) is 23.7 Å². The molecule has 3 heterocycles. The molecule has 0 unspecified atom stereocenters. The predicted molar refractivity (Wildman–Crippen MR) is 82.1 cm³/mol. The van der Waals surface area contributed by atoms with Crippen LogP contribution >= 0.6 is 0 Å². The molecule has 0 saturated carbocycles. The van der Waals surface area contributed by atoms with E-state index in [2.05, 4.69) is 15.0 Å². The standard InChI is InChI=1S/C13H19N5O7/c1-3-24-13(12(22,23-2)8(20)6(4-19)25-13)18-5-15-7-9(18)16-11(14)17-10(7)21/h5-6,8,19-20,22H,3-4H2,1-2H3,(H3,14,16,17,21)/t6-,8-,12+,13-/m1/s1. The van der Waals surface area contributed by atoms with Gasteiger partial charge in [-0.2, -0.15) is 4.98 Å². The van der Waals surface area contributed by atoms with Crippen molar-refractivity contribution < 1.29 is 29.5 Å². The number of aromatic nitrogens is 4. The summed E-state index contributed by atoms with van der Waals surface area (Å²) in [7, 11) is 1.13. The third kappa shape index (κ3) is 2.27. The molecule has 0 bridgehead atoms. The average molecular weight is 357 g/mol. The van der Waals surface area contributed by atoms with Gasteiger partial charge in [0, 0.05) is 13.7 Å². The zero-order valence-electron chi connectivity index (χ0n) is 13.5. The summed E-state index contributed by atoms with van der Waals surface area (Å²) >= 11 is 0. The monoisotopic (exact) mass is 357 g/mol. The van der Waals surface area contributed by atoms with Crippen molar-refractivity contribution in [2.24, 2.45) is 0 Å². The number of nitrogens with two attached hydrogens (primary N) is 1. The van der Waals surface area contributed by atoms with Crippen LogP contribution in [0.15, 0.2) is 11.1 Å². The third-order valence-corrected chi connectivity index (χ3v) is 4.09. The molecule has 0 aliphatic carbocycles. The van der Waals surface area contributed by atoms with Gasteiger partial charge in [-0.25, -0.2) is 4.98 Å². The van der Waals surface area contributed by atoms with E-state index in [9.17, 15) is 20.1 Å². The number of hydrogen-bond acceptors (Lipinski definition) is 10. The second kappa shape index (κ2) is 6.01. The highest BCUT2D eigenvalue weighted by molar-refractivity contribution is 5.70. The fourth-order valence-corrected chi connectivity index (χ4v) is 2.95. The SMILES string of the molecule is CCO[C@@]1(n2cnc3c(=O)[nH]c(N)nc32)O[C@H](CO)[C@@H](O)[C@]1(O)OC. The maximum Gasteiger partial charge on any atom is 0.318 e. The molecule has 3 rings (SSSR count). The Labute approximate surface area is 140 Å². The van der Waals surface area contributed by atoms with E-state index in [1.807, 2.05) is 0 Å². The van der Waals surface area contributed by atoms with Gasteiger partial charge in [-0.3, -0.25) is 14.3 Å². The summed E-state index contributed by atoms with van der Waals surface area (Å²) in [5.41, 5.74) is 4.83. The van der Waals surface area contributed by atoms with Crippen LogP contribution in [0.3, 0.4) is 0 Å². The lowest BCUT2D eigenvalue weighted by Gasteiger charge is -2.39. The molecule has 1 saturated heterocycles. The van der Waals surface area contributed by atoms with Gasteiger partial charge in [0.2, 0.25) is 5.95 Å². The van der Waals surface area contributed by atoms with E-state index in [4.69, 9.17) is 19.9 Å². The van der Waals surface area contributed by atoms with E-state index in [1.54, 1.807) is 6.92 Å². The van der Waals surface area contributed by atoms with E-state index in [1.165, 1.54) is 0 Å². The number of hydrogen-bond donors (Lipinski definition) is 5. The highest BCUT2D eigenvalue weighted by Crippen LogP contribution is 2.46. The summed E-state index contributed by atoms with van der Waals surface area (Å²) < 4.78 is 17.4. The van der Waals surface area contributed by atoms with Crippen molar-refractivity contribution in [3.8, 4) is 0 Å². The fourth-order valence-electron chi connectivity index (χ4n) is 2.95. The van der Waals surface area contributed by atoms with Crippen LogP contribution in [0.4, 0.5) is 5.95 Å². The van der Waals surface area contributed by atoms with E-state index < -0.39 is 36.1 Å². The normalized spacial score (nSPS) is 32.5. The largest absolute Gasteiger partial charge is 0.394 e. The number of anilines is 1. The topological polar surface area (TPSA) is 178 Å². The summed E-state index contributed by atoms with van der Waals surface area (Å²) in [4.78, 5) is 22.2. The second-order valence-electron chi connectivity index (χ2n) is 5.44. The molecule has 0 radical (unpaired) electrons. The number of fused-ring (bicyclic) bond motifs is 1. The molecule has 1 fully saturated rings. The van der Waals surface area contributed by atoms with Gasteiger partial charge < -0.3 is 35.3 Å². The Morgan fingerprint density at radius 2 is 2.28 bits per heavy atom. The van der Waals surface area contributed by atoms with Crippen LogP contribution < -0.4 is 11.3 Å². The number of nitrogens with zero attached hydrogens (tertiary/aromatic N) is 3. The average Bonchev–Trinajstić information content (AvgIpc) is 3.09. The highest BCUT2D eigenvalue weighted by Gasteiger charge is 2.69. The van der Waals surface area contributed by atoms with Crippen LogP contribution in [-0.4, -0.2) is 73.2 Å². The number of aromatic amines is 1. The van der Waals surface area contributed by atoms with Gasteiger partial charge in [0.05, 0.1) is 6.61 Å². The molecule has 4 atom stereocenters. The van der Waals surface area contributed by atoms with E-state index in [0.29, 0.717) is 0 Å². The zero-order valence-corrected chi connectivity index (χ0v) is 13.5. The number of H-pyrrole nitrogens is 1. The summed E-state index contributed by atoms with van der Waals surface area (Å²) in [5.74, 6) is -4.78. The van der Waals surface area contributed by atoms with Crippen molar-refractivity contribution in [3.05, 3.63) is 16.7 Å². The van der Waals surface area contributed by atoms with Gasteiger partial charge in [-0.1, -0.05) is 0 Å². The van der Waals surface area contributed by atoms with Crippen molar-refractivity contribution in [2.45, 2.75) is 30.8 Å². The Balaban J connectivity index is 2.31. The first-order chi connectivity index (χ1) is 11.8. The van der Waals surface area contributed by atoms with Gasteiger partial charge in [-0.05, 0) is 6.92 Å². The van der Waals surface area contributed by atoms with Gasteiger partial charge in [0.25, 0.3) is 11.3 Å². The van der Waals surface area contributed by atoms with Gasteiger partial charge in [0.15, 0.2) is 11.2 Å². The Hall–Kier alpha value is -2.09. The fraction of sp³-hybridized carbons (Fsp3) is 0.615. The van der Waals surface area contributed by atoms with Crippen LogP contribution in [0.25, 0.3) is 11.2 Å². The minimum Gasteiger partial charge on any atom is -0.394 e. The molecule has 1 aliphatic heterocycles. The summed E-state index contributed by atoms with van der Waals surface area (Å²) in [6, 6.07) is 0. The summed E-state index contributed by atoms with van der Waals surface area (Å²) in [6.45, 7) is 1.02. The molecule has 12 nitrogen and oxygen atoms in total. The van der Waals surface area contributed by atoms with Crippen molar-refractivity contribution in [1.82, 2.24) is 19.5 Å². The van der Waals surface area contributed by atoms with E-state index in [0.717, 1.165) is 18.0 Å². The number of ether oxygens (including phenoxy) is 3. The van der Waals surface area contributed by atoms with Crippen molar-refractivity contribution in [2.75, 3.05) is 26.1 Å². The molecule has 138 valence electrons. The maximum atomic E-state index is 12.0. The third-order valence-electron chi connectivity index (χ3n) is 4.09. The van der Waals surface area contributed by atoms with Crippen molar-refractivity contribution in [1.29, 1.82) is 0 Å². The lowest BCUT2D eigenvalue weighted by molar-refractivity contribution is -0.408. The molecular formula is C13H19N5O7. The lowest BCUT2D eigenvalue weighted by atomic mass is 10.0. The molecule has 6 N–H and O–H groups in total. The van der Waals surface area contributed by atoms with Crippen LogP contribution in [-0.2, 0) is 20.1 Å². The Bertz CT molecular complexity index is 838. The number of nitrogen functional groups attached to an aromatic ring is 1. The van der Waals surface area contributed by atoms with Crippen molar-refractivity contribution >= 4 is 17.1 Å². The zero-order chi connectivity index (χ0) is 18.4. The molecule has 0 spiro atoms. The lowest BCUT2D eigenvalue weighted by Crippen LogP contribution is -2.60. The van der Waals surface area contributed by atoms with Gasteiger partial charge >= 0.3 is 5.91 Å². The summed E-state index contributed by atoms with van der Waals surface area (Å²) in [6.07, 6.45) is -1.75. The number of imidazole rings is 1. The van der Waals surface area contributed by atoms with Crippen LogP contribution in [0.2, 0.25) is 0 Å². The smallest absolute Gasteiger partial charge is 0.318 e. The number of nitrogens with one attached hydrogen (secondary N) is 1. The van der Waals surface area contributed by atoms with Crippen LogP contribution in [0.1, 0.15) is 6.92 Å². The number of rotatable bonds is 5. The van der Waals surface area contributed by atoms with Gasteiger partial charge in [0.1, 0.15) is 18.5 Å². The number of aliphatic hydroxyl groups is 3. The van der Waals surface area contributed by atoms with Crippen LogP contribution in [0, 0.1) is 0 Å². The highest BCUT2D eigenvalue weighted by atomic mass is 16.8. The molecule has 0 amide bonds. The van der Waals surface area contributed by atoms with Crippen LogP contribution in [0.5, 0.6) is 0 Å². The maximum absolute atomic E-state index is 12.0. The van der Waals surface area contributed by atoms with Crippen molar-refractivity contribution in [3.63, 3.8) is 0 Å². The molecule has 0 aromatic carbocycles. The first-order valence-electron chi connectivity index (χ1n) is 7.46. The molecule has 25 heavy (non-hydrogen) atoms. The minimum absolute atomic E-state index is 0.0227. The number of aliphatic hydroxyl groups excluding tert-OH is 2. The first kappa shape index (κ1) is 17.7. The molecule has 2 aromatic rings.